The summed E-state index contributed by atoms with van der Waals surface area (Å²) in [4.78, 5) is 9.43. The molecule has 1 saturated heterocycles. The van der Waals surface area contributed by atoms with Crippen LogP contribution in [0.4, 0.5) is 0 Å². The highest BCUT2D eigenvalue weighted by molar-refractivity contribution is 5.97. The van der Waals surface area contributed by atoms with Crippen LogP contribution in [0.3, 0.4) is 0 Å². The molecule has 88 valence electrons. The van der Waals surface area contributed by atoms with Crippen LogP contribution in [0.5, 0.6) is 0 Å². The molecule has 1 fully saturated rings. The predicted molar refractivity (Wildman–Crippen MR) is 64.8 cm³/mol. The lowest BCUT2D eigenvalue weighted by Crippen LogP contribution is -2.18. The fourth-order valence-electron chi connectivity index (χ4n) is 1.40. The quantitative estimate of drug-likeness (QED) is 0.314. The summed E-state index contributed by atoms with van der Waals surface area (Å²) in [5.74, 6) is 5.55. The first-order chi connectivity index (χ1) is 7.83. The zero-order valence-electron chi connectivity index (χ0n) is 9.90. The Morgan fingerprint density at radius 3 is 2.94 bits per heavy atom. The number of hydrogen-bond donors (Lipinski definition) is 0. The molecule has 0 aromatic rings. The Balaban J connectivity index is 2.15. The molecule has 0 spiro atoms. The minimum absolute atomic E-state index is 0.387. The standard InChI is InChI=1S/C12H18N2O2/c1-3-4-11(2)14-16-10-7-13-12-5-8-15-9-6-12/h7,12H,5-6,8-10H2,1-2H3/b13-7?,14-11-. The first-order valence-corrected chi connectivity index (χ1v) is 5.51. The van der Waals surface area contributed by atoms with Gasteiger partial charge in [0.25, 0.3) is 0 Å². The van der Waals surface area contributed by atoms with E-state index in [-0.39, 0.29) is 0 Å². The molecule has 0 bridgehead atoms. The molecule has 16 heavy (non-hydrogen) atoms. The molecule has 0 radical (unpaired) electrons. The fraction of sp³-hybridized carbons (Fsp3) is 0.667. The third-order valence-corrected chi connectivity index (χ3v) is 2.16. The largest absolute Gasteiger partial charge is 0.389 e. The summed E-state index contributed by atoms with van der Waals surface area (Å²) < 4.78 is 5.24. The first kappa shape index (κ1) is 12.7. The Morgan fingerprint density at radius 2 is 2.25 bits per heavy atom. The van der Waals surface area contributed by atoms with Crippen LogP contribution in [0.2, 0.25) is 0 Å². The van der Waals surface area contributed by atoms with Gasteiger partial charge in [0.05, 0.1) is 6.04 Å². The lowest BCUT2D eigenvalue weighted by Gasteiger charge is -2.17. The number of hydrogen-bond acceptors (Lipinski definition) is 4. The second kappa shape index (κ2) is 7.89. The smallest absolute Gasteiger partial charge is 0.151 e. The molecule has 0 atom stereocenters. The summed E-state index contributed by atoms with van der Waals surface area (Å²) >= 11 is 0. The zero-order valence-corrected chi connectivity index (χ0v) is 9.90. The van der Waals surface area contributed by atoms with Crippen molar-refractivity contribution >= 4 is 11.9 Å². The van der Waals surface area contributed by atoms with Crippen molar-refractivity contribution in [3.8, 4) is 11.8 Å². The minimum Gasteiger partial charge on any atom is -0.389 e. The molecule has 0 unspecified atom stereocenters. The monoisotopic (exact) mass is 222 g/mol. The van der Waals surface area contributed by atoms with Crippen molar-refractivity contribution in [3.05, 3.63) is 0 Å². The molecule has 0 amide bonds. The molecule has 0 aromatic heterocycles. The Bertz CT molecular complexity index is 307. The van der Waals surface area contributed by atoms with Gasteiger partial charge in [-0.1, -0.05) is 11.1 Å². The van der Waals surface area contributed by atoms with Crippen molar-refractivity contribution in [3.63, 3.8) is 0 Å². The van der Waals surface area contributed by atoms with Gasteiger partial charge in [-0.3, -0.25) is 4.99 Å². The van der Waals surface area contributed by atoms with Gasteiger partial charge in [-0.05, 0) is 32.6 Å². The van der Waals surface area contributed by atoms with Gasteiger partial charge >= 0.3 is 0 Å². The number of ether oxygens (including phenoxy) is 1. The molecule has 0 N–H and O–H groups in total. The third kappa shape index (κ3) is 5.52. The van der Waals surface area contributed by atoms with Crippen LogP contribution in [-0.2, 0) is 9.57 Å². The second-order valence-corrected chi connectivity index (χ2v) is 3.52. The SMILES string of the molecule is CC#C/C(C)=N\OCC=NC1CCOCC1. The second-order valence-electron chi connectivity index (χ2n) is 3.52. The van der Waals surface area contributed by atoms with E-state index in [9.17, 15) is 0 Å². The predicted octanol–water partition coefficient (Wildman–Crippen LogP) is 1.65. The average Bonchev–Trinajstić information content (AvgIpc) is 2.30. The van der Waals surface area contributed by atoms with Crippen molar-refractivity contribution in [1.82, 2.24) is 0 Å². The van der Waals surface area contributed by atoms with Crippen LogP contribution < -0.4 is 0 Å². The van der Waals surface area contributed by atoms with E-state index in [0.29, 0.717) is 18.4 Å². The minimum atomic E-state index is 0.387. The summed E-state index contributed by atoms with van der Waals surface area (Å²) in [6.45, 7) is 5.61. The molecule has 0 saturated carbocycles. The van der Waals surface area contributed by atoms with Crippen molar-refractivity contribution in [1.29, 1.82) is 0 Å². The van der Waals surface area contributed by atoms with Gasteiger partial charge in [0.2, 0.25) is 0 Å². The zero-order chi connectivity index (χ0) is 11.6. The van der Waals surface area contributed by atoms with Crippen molar-refractivity contribution < 1.29 is 9.57 Å². The summed E-state index contributed by atoms with van der Waals surface area (Å²) in [5.41, 5.74) is 0.682. The number of aliphatic imine (C=N–C) groups is 1. The highest BCUT2D eigenvalue weighted by Gasteiger charge is 2.10. The van der Waals surface area contributed by atoms with Crippen molar-refractivity contribution in [2.75, 3.05) is 19.8 Å². The van der Waals surface area contributed by atoms with E-state index in [1.165, 1.54) is 0 Å². The third-order valence-electron chi connectivity index (χ3n) is 2.16. The number of nitrogens with zero attached hydrogens (tertiary/aromatic N) is 2. The van der Waals surface area contributed by atoms with Gasteiger partial charge in [-0.2, -0.15) is 0 Å². The van der Waals surface area contributed by atoms with E-state index >= 15 is 0 Å². The fourth-order valence-corrected chi connectivity index (χ4v) is 1.40. The van der Waals surface area contributed by atoms with Gasteiger partial charge in [0.15, 0.2) is 6.61 Å². The van der Waals surface area contributed by atoms with Gasteiger partial charge in [0, 0.05) is 19.4 Å². The molecule has 1 aliphatic rings. The van der Waals surface area contributed by atoms with E-state index in [1.807, 2.05) is 6.92 Å². The normalized spacial score (nSPS) is 18.2. The van der Waals surface area contributed by atoms with Gasteiger partial charge in [0.1, 0.15) is 5.71 Å². The maximum absolute atomic E-state index is 5.24. The molecule has 0 aliphatic carbocycles. The topological polar surface area (TPSA) is 43.2 Å². The van der Waals surface area contributed by atoms with Crippen molar-refractivity contribution in [2.45, 2.75) is 32.7 Å². The molecule has 4 heteroatoms. The van der Waals surface area contributed by atoms with Crippen LogP contribution in [0.25, 0.3) is 0 Å². The molecule has 4 nitrogen and oxygen atoms in total. The van der Waals surface area contributed by atoms with E-state index in [2.05, 4.69) is 22.0 Å². The van der Waals surface area contributed by atoms with Crippen LogP contribution in [0, 0.1) is 11.8 Å². The molecule has 1 aliphatic heterocycles. The lowest BCUT2D eigenvalue weighted by atomic mass is 10.1. The first-order valence-electron chi connectivity index (χ1n) is 5.51. The molecule has 1 heterocycles. The number of rotatable bonds is 4. The van der Waals surface area contributed by atoms with Gasteiger partial charge < -0.3 is 9.57 Å². The Hall–Kier alpha value is -1.34. The van der Waals surface area contributed by atoms with Gasteiger partial charge in [-0.25, -0.2) is 0 Å². The Kier molecular flexibility index (Phi) is 6.28. The van der Waals surface area contributed by atoms with E-state index < -0.39 is 0 Å². The van der Waals surface area contributed by atoms with Crippen LogP contribution >= 0.6 is 0 Å². The highest BCUT2D eigenvalue weighted by Crippen LogP contribution is 2.09. The summed E-state index contributed by atoms with van der Waals surface area (Å²) in [6, 6.07) is 0.387. The highest BCUT2D eigenvalue weighted by atomic mass is 16.6. The van der Waals surface area contributed by atoms with E-state index in [4.69, 9.17) is 9.57 Å². The summed E-state index contributed by atoms with van der Waals surface area (Å²) in [6.07, 6.45) is 3.77. The number of oxime groups is 1. The Morgan fingerprint density at radius 1 is 1.50 bits per heavy atom. The maximum Gasteiger partial charge on any atom is 0.151 e. The van der Waals surface area contributed by atoms with Crippen LogP contribution in [0.1, 0.15) is 26.7 Å². The summed E-state index contributed by atoms with van der Waals surface area (Å²) in [5, 5.41) is 3.82. The maximum atomic E-state index is 5.24. The van der Waals surface area contributed by atoms with Crippen LogP contribution in [0.15, 0.2) is 10.1 Å². The molecular formula is C12H18N2O2. The van der Waals surface area contributed by atoms with Gasteiger partial charge in [-0.15, -0.1) is 0 Å². The molecular weight excluding hydrogens is 204 g/mol. The molecule has 0 aromatic carbocycles. The van der Waals surface area contributed by atoms with Crippen molar-refractivity contribution in [2.24, 2.45) is 10.1 Å². The average molecular weight is 222 g/mol. The van der Waals surface area contributed by atoms with E-state index in [0.717, 1.165) is 26.1 Å². The summed E-state index contributed by atoms with van der Waals surface area (Å²) in [7, 11) is 0. The lowest BCUT2D eigenvalue weighted by molar-refractivity contribution is 0.0870. The Labute approximate surface area is 96.7 Å². The van der Waals surface area contributed by atoms with Crippen LogP contribution in [-0.4, -0.2) is 37.8 Å². The molecule has 1 rings (SSSR count). The van der Waals surface area contributed by atoms with E-state index in [1.54, 1.807) is 13.1 Å².